The van der Waals surface area contributed by atoms with Crippen LogP contribution in [0.15, 0.2) is 17.3 Å². The van der Waals surface area contributed by atoms with Crippen LogP contribution < -0.4 is 5.73 Å². The molecule has 2 nitrogen and oxygen atoms in total. The van der Waals surface area contributed by atoms with Gasteiger partial charge < -0.3 is 5.73 Å². The Kier molecular flexibility index (Phi) is 2.76. The molecule has 0 aliphatic rings. The van der Waals surface area contributed by atoms with Crippen molar-refractivity contribution in [2.75, 3.05) is 11.5 Å². The Morgan fingerprint density at radius 2 is 2.36 bits per heavy atom. The first-order valence-corrected chi connectivity index (χ1v) is 4.58. The zero-order valence-corrected chi connectivity index (χ0v) is 7.61. The van der Waals surface area contributed by atoms with Crippen LogP contribution in [0, 0.1) is 6.92 Å². The van der Waals surface area contributed by atoms with Crippen molar-refractivity contribution in [3.05, 3.63) is 17.8 Å². The Hall–Kier alpha value is -0.700. The molecular weight excluding hydrogens is 156 g/mol. The Labute approximate surface area is 71.2 Å². The molecule has 0 radical (unpaired) electrons. The largest absolute Gasteiger partial charge is 0.396 e. The van der Waals surface area contributed by atoms with Crippen molar-refractivity contribution in [2.45, 2.75) is 18.9 Å². The molecular formula is C8H12N2S. The second-order valence-corrected chi connectivity index (χ2v) is 3.53. The van der Waals surface area contributed by atoms with E-state index in [2.05, 4.69) is 11.9 Å². The summed E-state index contributed by atoms with van der Waals surface area (Å²) in [7, 11) is 0. The van der Waals surface area contributed by atoms with E-state index in [4.69, 9.17) is 5.73 Å². The van der Waals surface area contributed by atoms with E-state index in [-0.39, 0.29) is 0 Å². The Morgan fingerprint density at radius 3 is 3.00 bits per heavy atom. The predicted molar refractivity (Wildman–Crippen MR) is 49.8 cm³/mol. The molecule has 1 heterocycles. The fourth-order valence-corrected chi connectivity index (χ4v) is 1.52. The summed E-state index contributed by atoms with van der Waals surface area (Å²) in [4.78, 5) is 4.17. The highest BCUT2D eigenvalue weighted by atomic mass is 32.2. The van der Waals surface area contributed by atoms with Crippen LogP contribution in [0.5, 0.6) is 0 Å². The molecule has 0 spiro atoms. The van der Waals surface area contributed by atoms with Crippen LogP contribution in [0.25, 0.3) is 0 Å². The number of nitrogens with two attached hydrogens (primary N) is 1. The number of hydrogen-bond donors (Lipinski definition) is 1. The van der Waals surface area contributed by atoms with E-state index >= 15 is 0 Å². The van der Waals surface area contributed by atoms with Crippen LogP contribution in [0.3, 0.4) is 0 Å². The summed E-state index contributed by atoms with van der Waals surface area (Å²) < 4.78 is 0. The number of hydrogen-bond acceptors (Lipinski definition) is 3. The lowest BCUT2D eigenvalue weighted by molar-refractivity contribution is 1.12. The topological polar surface area (TPSA) is 38.9 Å². The lowest BCUT2D eigenvalue weighted by Gasteiger charge is -2.03. The van der Waals surface area contributed by atoms with E-state index in [9.17, 15) is 0 Å². The lowest BCUT2D eigenvalue weighted by atomic mass is 10.3. The van der Waals surface area contributed by atoms with Crippen molar-refractivity contribution in [2.24, 2.45) is 0 Å². The molecule has 11 heavy (non-hydrogen) atoms. The number of pyridine rings is 1. The van der Waals surface area contributed by atoms with Gasteiger partial charge in [-0.15, -0.1) is 11.8 Å². The van der Waals surface area contributed by atoms with Gasteiger partial charge in [0.1, 0.15) is 5.03 Å². The van der Waals surface area contributed by atoms with Crippen molar-refractivity contribution in [1.82, 2.24) is 4.98 Å². The maximum Gasteiger partial charge on any atom is 0.119 e. The van der Waals surface area contributed by atoms with Crippen molar-refractivity contribution in [1.29, 1.82) is 0 Å². The molecule has 0 fully saturated rings. The summed E-state index contributed by atoms with van der Waals surface area (Å²) >= 11 is 1.68. The van der Waals surface area contributed by atoms with Gasteiger partial charge in [0.15, 0.2) is 0 Å². The molecule has 0 aliphatic heterocycles. The van der Waals surface area contributed by atoms with E-state index in [1.54, 1.807) is 18.0 Å². The van der Waals surface area contributed by atoms with Gasteiger partial charge >= 0.3 is 0 Å². The van der Waals surface area contributed by atoms with Crippen LogP contribution in [-0.2, 0) is 0 Å². The van der Waals surface area contributed by atoms with Crippen LogP contribution in [0.1, 0.15) is 12.5 Å². The maximum atomic E-state index is 5.79. The first-order chi connectivity index (χ1) is 5.25. The molecule has 0 saturated heterocycles. The zero-order valence-electron chi connectivity index (χ0n) is 6.79. The second kappa shape index (κ2) is 3.62. The highest BCUT2D eigenvalue weighted by Crippen LogP contribution is 2.23. The fourth-order valence-electron chi connectivity index (χ4n) is 0.796. The third-order valence-electron chi connectivity index (χ3n) is 1.45. The summed E-state index contributed by atoms with van der Waals surface area (Å²) in [6.07, 6.45) is 1.80. The number of aromatic nitrogens is 1. The normalized spacial score (nSPS) is 10.0. The Balaban J connectivity index is 2.96. The maximum absolute atomic E-state index is 5.79. The number of nitrogens with zero attached hydrogens (tertiary/aromatic N) is 1. The minimum Gasteiger partial charge on any atom is -0.396 e. The summed E-state index contributed by atoms with van der Waals surface area (Å²) in [6, 6.07) is 1.93. The minimum atomic E-state index is 0.819. The molecule has 3 heteroatoms. The molecule has 0 aliphatic carbocycles. The molecule has 0 bridgehead atoms. The number of anilines is 1. The van der Waals surface area contributed by atoms with E-state index < -0.39 is 0 Å². The van der Waals surface area contributed by atoms with Crippen LogP contribution in [0.2, 0.25) is 0 Å². The number of aryl methyl sites for hydroxylation is 1. The van der Waals surface area contributed by atoms with E-state index in [0.29, 0.717) is 0 Å². The van der Waals surface area contributed by atoms with Crippen LogP contribution in [0.4, 0.5) is 5.69 Å². The van der Waals surface area contributed by atoms with Crippen molar-refractivity contribution < 1.29 is 0 Å². The smallest absolute Gasteiger partial charge is 0.119 e. The molecule has 0 amide bonds. The molecule has 0 unspecified atom stereocenters. The van der Waals surface area contributed by atoms with Crippen LogP contribution >= 0.6 is 11.8 Å². The third kappa shape index (κ3) is 1.87. The summed E-state index contributed by atoms with van der Waals surface area (Å²) in [6.45, 7) is 4.09. The monoisotopic (exact) mass is 168 g/mol. The Bertz CT molecular complexity index is 248. The standard InChI is InChI=1S/C8H12N2S/c1-3-11-8-7(9)6(2)4-5-10-8/h4-5H,3,9H2,1-2H3. The van der Waals surface area contributed by atoms with Crippen molar-refractivity contribution in [3.63, 3.8) is 0 Å². The van der Waals surface area contributed by atoms with Gasteiger partial charge in [-0.1, -0.05) is 6.92 Å². The minimum absolute atomic E-state index is 0.819. The molecule has 1 rings (SSSR count). The van der Waals surface area contributed by atoms with Gasteiger partial charge in [0.2, 0.25) is 0 Å². The predicted octanol–water partition coefficient (Wildman–Crippen LogP) is 2.08. The van der Waals surface area contributed by atoms with Gasteiger partial charge in [-0.05, 0) is 24.3 Å². The number of thioether (sulfide) groups is 1. The van der Waals surface area contributed by atoms with Gasteiger partial charge in [-0.25, -0.2) is 4.98 Å². The average Bonchev–Trinajstić information content (AvgIpc) is 1.99. The fraction of sp³-hybridized carbons (Fsp3) is 0.375. The van der Waals surface area contributed by atoms with Gasteiger partial charge in [0.25, 0.3) is 0 Å². The SMILES string of the molecule is CCSc1nccc(C)c1N. The Morgan fingerprint density at radius 1 is 1.64 bits per heavy atom. The summed E-state index contributed by atoms with van der Waals surface area (Å²) in [5.41, 5.74) is 7.71. The highest BCUT2D eigenvalue weighted by Gasteiger charge is 2.00. The van der Waals surface area contributed by atoms with E-state index in [0.717, 1.165) is 22.0 Å². The first-order valence-electron chi connectivity index (χ1n) is 3.59. The first kappa shape index (κ1) is 8.40. The third-order valence-corrected chi connectivity index (χ3v) is 2.34. The number of rotatable bonds is 2. The molecule has 0 saturated carbocycles. The lowest BCUT2D eigenvalue weighted by Crippen LogP contribution is -1.94. The van der Waals surface area contributed by atoms with Gasteiger partial charge in [0.05, 0.1) is 5.69 Å². The van der Waals surface area contributed by atoms with E-state index in [1.165, 1.54) is 0 Å². The van der Waals surface area contributed by atoms with Crippen molar-refractivity contribution in [3.8, 4) is 0 Å². The number of nitrogen functional groups attached to an aromatic ring is 1. The average molecular weight is 168 g/mol. The van der Waals surface area contributed by atoms with E-state index in [1.807, 2.05) is 13.0 Å². The zero-order chi connectivity index (χ0) is 8.27. The molecule has 1 aromatic heterocycles. The van der Waals surface area contributed by atoms with Crippen molar-refractivity contribution >= 4 is 17.4 Å². The molecule has 0 aromatic carbocycles. The molecule has 60 valence electrons. The second-order valence-electron chi connectivity index (χ2n) is 2.28. The molecule has 2 N–H and O–H groups in total. The molecule has 1 aromatic rings. The van der Waals surface area contributed by atoms with Gasteiger partial charge in [-0.3, -0.25) is 0 Å². The van der Waals surface area contributed by atoms with Gasteiger partial charge in [0, 0.05) is 6.20 Å². The summed E-state index contributed by atoms with van der Waals surface area (Å²) in [5, 5.41) is 0.951. The van der Waals surface area contributed by atoms with Gasteiger partial charge in [-0.2, -0.15) is 0 Å². The molecule has 0 atom stereocenters. The summed E-state index contributed by atoms with van der Waals surface area (Å²) in [5.74, 6) is 1.01. The quantitative estimate of drug-likeness (QED) is 0.687. The van der Waals surface area contributed by atoms with Crippen LogP contribution in [-0.4, -0.2) is 10.7 Å². The highest BCUT2D eigenvalue weighted by molar-refractivity contribution is 7.99.